The number of benzene rings is 1. The maximum Gasteiger partial charge on any atom is 0.247 e. The molecule has 12 heteroatoms. The minimum Gasteiger partial charge on any atom is -0.494 e. The number of carbonyl (C=O) groups excluding carboxylic acids is 1. The molecule has 1 amide bonds. The number of hydrogen-bond donors (Lipinski definition) is 3. The number of amides is 1. The Kier molecular flexibility index (Phi) is 8.13. The fourth-order valence-corrected chi connectivity index (χ4v) is 4.89. The number of nitrogens with zero attached hydrogens (tertiary/aromatic N) is 6. The van der Waals surface area contributed by atoms with Crippen molar-refractivity contribution in [2.75, 3.05) is 69.2 Å². The molecule has 4 rings (SSSR count). The molecule has 3 heterocycles. The summed E-state index contributed by atoms with van der Waals surface area (Å²) < 4.78 is 7.51. The number of aromatic nitrogens is 4. The second kappa shape index (κ2) is 11.5. The predicted molar refractivity (Wildman–Crippen MR) is 156 cm³/mol. The zero-order valence-corrected chi connectivity index (χ0v) is 23.3. The number of likely N-dealkylation sites (N-methyl/N-ethyl adjacent to an activating group) is 2. The molecule has 4 aromatic rings. The van der Waals surface area contributed by atoms with E-state index < -0.39 is 0 Å². The summed E-state index contributed by atoms with van der Waals surface area (Å²) in [7, 11) is 9.45. The SMILES string of the molecule is C=CC(=O)Nc1cc(Nc2nccc(-n3nc(NC)c4cc(C)sc43)n2)c(OC)cc1N(C)CCN(C)C. The van der Waals surface area contributed by atoms with Crippen LogP contribution in [0.1, 0.15) is 4.88 Å². The Morgan fingerprint density at radius 1 is 1.21 bits per heavy atom. The van der Waals surface area contributed by atoms with E-state index in [1.807, 2.05) is 51.1 Å². The van der Waals surface area contributed by atoms with Crippen molar-refractivity contribution in [3.63, 3.8) is 0 Å². The standard InChI is InChI=1S/C26H33N9O2S/c1-8-23(36)29-18-14-19(21(37-7)15-20(18)34(6)12-11-33(4)5)30-26-28-10-9-22(31-26)35-25-17(13-16(2)38-25)24(27-3)32-35/h8-10,13-15H,1,11-12H2,2-7H3,(H,27,32)(H,29,36)(H,28,30,31). The first-order chi connectivity index (χ1) is 18.2. The molecule has 0 aliphatic rings. The Morgan fingerprint density at radius 3 is 2.68 bits per heavy atom. The van der Waals surface area contributed by atoms with Gasteiger partial charge in [-0.1, -0.05) is 6.58 Å². The molecule has 3 N–H and O–H groups in total. The number of methoxy groups -OCH3 is 1. The van der Waals surface area contributed by atoms with E-state index in [9.17, 15) is 4.79 Å². The molecule has 0 spiro atoms. The highest BCUT2D eigenvalue weighted by atomic mass is 32.1. The van der Waals surface area contributed by atoms with E-state index in [-0.39, 0.29) is 5.91 Å². The van der Waals surface area contributed by atoms with Gasteiger partial charge in [0.15, 0.2) is 11.6 Å². The van der Waals surface area contributed by atoms with Crippen molar-refractivity contribution in [2.24, 2.45) is 0 Å². The Bertz CT molecular complexity index is 1460. The highest BCUT2D eigenvalue weighted by Gasteiger charge is 2.18. The fourth-order valence-electron chi connectivity index (χ4n) is 3.92. The molecule has 3 aromatic heterocycles. The van der Waals surface area contributed by atoms with Gasteiger partial charge in [0.2, 0.25) is 11.9 Å². The second-order valence-electron chi connectivity index (χ2n) is 8.94. The lowest BCUT2D eigenvalue weighted by atomic mass is 10.2. The van der Waals surface area contributed by atoms with Crippen LogP contribution < -0.4 is 25.6 Å². The van der Waals surface area contributed by atoms with Crippen LogP contribution in [0.2, 0.25) is 0 Å². The van der Waals surface area contributed by atoms with Crippen molar-refractivity contribution in [3.05, 3.63) is 48.0 Å². The molecule has 0 saturated carbocycles. The molecule has 0 unspecified atom stereocenters. The molecular formula is C26H33N9O2S. The van der Waals surface area contributed by atoms with Crippen LogP contribution in [-0.2, 0) is 4.79 Å². The summed E-state index contributed by atoms with van der Waals surface area (Å²) in [6.07, 6.45) is 2.91. The first-order valence-corrected chi connectivity index (χ1v) is 12.8. The lowest BCUT2D eigenvalue weighted by Gasteiger charge is -2.26. The van der Waals surface area contributed by atoms with Gasteiger partial charge in [0.05, 0.1) is 29.6 Å². The second-order valence-corrected chi connectivity index (χ2v) is 10.2. The van der Waals surface area contributed by atoms with Crippen molar-refractivity contribution < 1.29 is 9.53 Å². The van der Waals surface area contributed by atoms with Crippen molar-refractivity contribution in [1.82, 2.24) is 24.6 Å². The van der Waals surface area contributed by atoms with Gasteiger partial charge in [-0.2, -0.15) is 4.98 Å². The Labute approximate surface area is 226 Å². The highest BCUT2D eigenvalue weighted by Crippen LogP contribution is 2.38. The summed E-state index contributed by atoms with van der Waals surface area (Å²) in [4.78, 5) is 27.7. The fraction of sp³-hybridized carbons (Fsp3) is 0.308. The average molecular weight is 536 g/mol. The van der Waals surface area contributed by atoms with E-state index in [1.165, 1.54) is 11.0 Å². The number of ether oxygens (including phenoxy) is 1. The van der Waals surface area contributed by atoms with Gasteiger partial charge in [-0.15, -0.1) is 16.4 Å². The molecule has 0 aliphatic carbocycles. The average Bonchev–Trinajstić information content (AvgIpc) is 3.44. The lowest BCUT2D eigenvalue weighted by molar-refractivity contribution is -0.111. The van der Waals surface area contributed by atoms with Gasteiger partial charge < -0.3 is 30.5 Å². The summed E-state index contributed by atoms with van der Waals surface area (Å²) in [6.45, 7) is 7.24. The van der Waals surface area contributed by atoms with Crippen LogP contribution in [0.25, 0.3) is 16.0 Å². The summed E-state index contributed by atoms with van der Waals surface area (Å²) in [5.41, 5.74) is 2.02. The molecule has 0 fully saturated rings. The Morgan fingerprint density at radius 2 is 2.00 bits per heavy atom. The zero-order chi connectivity index (χ0) is 27.4. The van der Waals surface area contributed by atoms with E-state index in [4.69, 9.17) is 9.72 Å². The van der Waals surface area contributed by atoms with Crippen LogP contribution in [0, 0.1) is 6.92 Å². The predicted octanol–water partition coefficient (Wildman–Crippen LogP) is 4.10. The summed E-state index contributed by atoms with van der Waals surface area (Å²) in [5, 5.41) is 15.0. The van der Waals surface area contributed by atoms with Gasteiger partial charge in [-0.05, 0) is 39.2 Å². The van der Waals surface area contributed by atoms with Crippen LogP contribution in [0.4, 0.5) is 28.8 Å². The van der Waals surface area contributed by atoms with Gasteiger partial charge in [0.25, 0.3) is 0 Å². The number of fused-ring (bicyclic) bond motifs is 1. The van der Waals surface area contributed by atoms with Crippen LogP contribution in [0.5, 0.6) is 5.75 Å². The lowest BCUT2D eigenvalue weighted by Crippen LogP contribution is -2.29. The smallest absolute Gasteiger partial charge is 0.247 e. The number of hydrogen-bond acceptors (Lipinski definition) is 10. The van der Waals surface area contributed by atoms with Gasteiger partial charge in [-0.25, -0.2) is 9.67 Å². The van der Waals surface area contributed by atoms with Gasteiger partial charge in [-0.3, -0.25) is 4.79 Å². The quantitative estimate of drug-likeness (QED) is 0.244. The molecule has 200 valence electrons. The van der Waals surface area contributed by atoms with E-state index in [0.717, 1.165) is 34.8 Å². The molecule has 38 heavy (non-hydrogen) atoms. The van der Waals surface area contributed by atoms with E-state index >= 15 is 0 Å². The van der Waals surface area contributed by atoms with Crippen LogP contribution >= 0.6 is 11.3 Å². The van der Waals surface area contributed by atoms with Crippen LogP contribution in [0.3, 0.4) is 0 Å². The van der Waals surface area contributed by atoms with E-state index in [0.29, 0.717) is 28.9 Å². The number of aryl methyl sites for hydroxylation is 1. The minimum atomic E-state index is -0.309. The van der Waals surface area contributed by atoms with Crippen molar-refractivity contribution in [1.29, 1.82) is 0 Å². The maximum atomic E-state index is 12.2. The summed E-state index contributed by atoms with van der Waals surface area (Å²) in [5.74, 6) is 2.04. The maximum absolute atomic E-state index is 12.2. The molecule has 11 nitrogen and oxygen atoms in total. The topological polar surface area (TPSA) is 112 Å². The third kappa shape index (κ3) is 5.71. The molecule has 0 atom stereocenters. The van der Waals surface area contributed by atoms with Gasteiger partial charge in [0.1, 0.15) is 10.6 Å². The zero-order valence-electron chi connectivity index (χ0n) is 22.5. The number of nitrogens with one attached hydrogen (secondary N) is 3. The number of thiophene rings is 1. The largest absolute Gasteiger partial charge is 0.494 e. The first-order valence-electron chi connectivity index (χ1n) is 12.0. The first kappa shape index (κ1) is 26.9. The monoisotopic (exact) mass is 535 g/mol. The van der Waals surface area contributed by atoms with Crippen LogP contribution in [-0.4, -0.2) is 78.9 Å². The summed E-state index contributed by atoms with van der Waals surface area (Å²) >= 11 is 1.65. The highest BCUT2D eigenvalue weighted by molar-refractivity contribution is 7.18. The molecular weight excluding hydrogens is 502 g/mol. The van der Waals surface area contributed by atoms with Gasteiger partial charge >= 0.3 is 0 Å². The molecule has 0 aliphatic heterocycles. The van der Waals surface area contributed by atoms with Crippen molar-refractivity contribution in [3.8, 4) is 11.6 Å². The third-order valence-electron chi connectivity index (χ3n) is 5.88. The van der Waals surface area contributed by atoms with E-state index in [1.54, 1.807) is 24.6 Å². The normalized spacial score (nSPS) is 11.0. The third-order valence-corrected chi connectivity index (χ3v) is 6.91. The number of carbonyl (C=O) groups is 1. The molecule has 0 bridgehead atoms. The number of rotatable bonds is 11. The molecule has 0 saturated heterocycles. The van der Waals surface area contributed by atoms with Gasteiger partial charge in [0, 0.05) is 50.4 Å². The summed E-state index contributed by atoms with van der Waals surface area (Å²) in [6, 6.07) is 7.61. The Hall–Kier alpha value is -4.16. The van der Waals surface area contributed by atoms with Crippen molar-refractivity contribution in [2.45, 2.75) is 6.92 Å². The van der Waals surface area contributed by atoms with Crippen molar-refractivity contribution >= 4 is 56.3 Å². The molecule has 1 aromatic carbocycles. The van der Waals surface area contributed by atoms with Crippen LogP contribution in [0.15, 0.2) is 43.1 Å². The minimum absolute atomic E-state index is 0.309. The van der Waals surface area contributed by atoms with E-state index in [2.05, 4.69) is 55.4 Å². The number of anilines is 5. The Balaban J connectivity index is 1.71. The molecule has 0 radical (unpaired) electrons.